The van der Waals surface area contributed by atoms with Gasteiger partial charge in [0.05, 0.1) is 18.2 Å². The lowest BCUT2D eigenvalue weighted by Gasteiger charge is -2.49. The lowest BCUT2D eigenvalue weighted by Crippen LogP contribution is -2.71. The van der Waals surface area contributed by atoms with Crippen LogP contribution in [0.2, 0.25) is 0 Å². The monoisotopic (exact) mass is 310 g/mol. The first-order chi connectivity index (χ1) is 10.2. The van der Waals surface area contributed by atoms with E-state index in [1.807, 2.05) is 20.8 Å². The second kappa shape index (κ2) is 5.38. The van der Waals surface area contributed by atoms with Crippen LogP contribution in [0.5, 0.6) is 0 Å². The summed E-state index contributed by atoms with van der Waals surface area (Å²) in [5.74, 6) is 0.421. The van der Waals surface area contributed by atoms with Crippen LogP contribution in [0.25, 0.3) is 0 Å². The summed E-state index contributed by atoms with van der Waals surface area (Å²) in [6.07, 6.45) is 3.51. The Morgan fingerprint density at radius 3 is 2.59 bits per heavy atom. The number of alkyl carbamates (subject to hydrolysis) is 1. The number of carbonyl (C=O) groups is 1. The van der Waals surface area contributed by atoms with Crippen LogP contribution in [-0.2, 0) is 9.47 Å². The minimum absolute atomic E-state index is 0.118. The lowest BCUT2D eigenvalue weighted by molar-refractivity contribution is -0.0395. The highest BCUT2D eigenvalue weighted by Crippen LogP contribution is 2.49. The van der Waals surface area contributed by atoms with E-state index in [0.29, 0.717) is 17.4 Å². The highest BCUT2D eigenvalue weighted by Gasteiger charge is 2.56. The third-order valence-corrected chi connectivity index (χ3v) is 5.60. The topological polar surface area (TPSA) is 59.6 Å². The van der Waals surface area contributed by atoms with E-state index in [1.54, 1.807) is 0 Å². The summed E-state index contributed by atoms with van der Waals surface area (Å²) in [5.41, 5.74) is -0.0444. The van der Waals surface area contributed by atoms with Crippen LogP contribution in [0.4, 0.5) is 4.79 Å². The first-order valence-corrected chi connectivity index (χ1v) is 8.57. The van der Waals surface area contributed by atoms with E-state index in [0.717, 1.165) is 13.0 Å². The number of hydrogen-bond donors (Lipinski definition) is 2. The molecule has 0 aromatic rings. The van der Waals surface area contributed by atoms with E-state index in [1.165, 1.54) is 12.8 Å². The molecule has 1 amide bonds. The number of ether oxygens (including phenoxy) is 2. The Bertz CT molecular complexity index is 442. The molecule has 3 aliphatic rings. The molecule has 126 valence electrons. The summed E-state index contributed by atoms with van der Waals surface area (Å²) >= 11 is 0. The average Bonchev–Trinajstić information content (AvgIpc) is 3.00. The zero-order valence-corrected chi connectivity index (χ0v) is 14.4. The fourth-order valence-corrected chi connectivity index (χ4v) is 3.67. The molecule has 5 heteroatoms. The summed E-state index contributed by atoms with van der Waals surface area (Å²) in [6.45, 7) is 11.0. The van der Waals surface area contributed by atoms with Crippen molar-refractivity contribution in [1.82, 2.24) is 10.6 Å². The normalized spacial score (nSPS) is 37.0. The molecule has 5 nitrogen and oxygen atoms in total. The first kappa shape index (κ1) is 16.1. The molecule has 0 spiro atoms. The van der Waals surface area contributed by atoms with Gasteiger partial charge in [-0.05, 0) is 52.4 Å². The molecule has 0 aromatic carbocycles. The van der Waals surface area contributed by atoms with Gasteiger partial charge in [0, 0.05) is 18.6 Å². The molecule has 5 unspecified atom stereocenters. The predicted octanol–water partition coefficient (Wildman–Crippen LogP) is 2.45. The van der Waals surface area contributed by atoms with Gasteiger partial charge < -0.3 is 20.1 Å². The first-order valence-electron chi connectivity index (χ1n) is 8.57. The average molecular weight is 310 g/mol. The van der Waals surface area contributed by atoms with Crippen LogP contribution >= 0.6 is 0 Å². The predicted molar refractivity (Wildman–Crippen MR) is 84.7 cm³/mol. The van der Waals surface area contributed by atoms with E-state index in [4.69, 9.17) is 9.47 Å². The third kappa shape index (κ3) is 3.11. The molecule has 5 atom stereocenters. The highest BCUT2D eigenvalue weighted by atomic mass is 16.6. The molecular weight excluding hydrogens is 280 g/mol. The van der Waals surface area contributed by atoms with Crippen molar-refractivity contribution < 1.29 is 14.3 Å². The second-order valence-electron chi connectivity index (χ2n) is 8.53. The van der Waals surface area contributed by atoms with Gasteiger partial charge >= 0.3 is 6.09 Å². The van der Waals surface area contributed by atoms with Crippen molar-refractivity contribution in [3.05, 3.63) is 0 Å². The zero-order chi connectivity index (χ0) is 16.1. The summed E-state index contributed by atoms with van der Waals surface area (Å²) in [5, 5.41) is 6.78. The van der Waals surface area contributed by atoms with E-state index >= 15 is 0 Å². The number of amides is 1. The number of rotatable bonds is 4. The highest BCUT2D eigenvalue weighted by molar-refractivity contribution is 5.68. The quantitative estimate of drug-likeness (QED) is 0.837. The Labute approximate surface area is 133 Å². The third-order valence-electron chi connectivity index (χ3n) is 5.60. The van der Waals surface area contributed by atoms with E-state index < -0.39 is 5.60 Å². The maximum Gasteiger partial charge on any atom is 0.407 e. The molecule has 2 N–H and O–H groups in total. The van der Waals surface area contributed by atoms with Gasteiger partial charge in [-0.3, -0.25) is 0 Å². The van der Waals surface area contributed by atoms with Gasteiger partial charge in [0.2, 0.25) is 0 Å². The van der Waals surface area contributed by atoms with Crippen molar-refractivity contribution in [2.75, 3.05) is 6.61 Å². The summed E-state index contributed by atoms with van der Waals surface area (Å²) in [7, 11) is 0. The largest absolute Gasteiger partial charge is 0.444 e. The molecule has 3 fully saturated rings. The number of carbonyl (C=O) groups excluding carboxylic acids is 1. The van der Waals surface area contributed by atoms with Gasteiger partial charge in [-0.15, -0.1) is 0 Å². The minimum Gasteiger partial charge on any atom is -0.444 e. The van der Waals surface area contributed by atoms with Gasteiger partial charge in [0.25, 0.3) is 0 Å². The Morgan fingerprint density at radius 1 is 1.32 bits per heavy atom. The van der Waals surface area contributed by atoms with Crippen molar-refractivity contribution in [1.29, 1.82) is 0 Å². The van der Waals surface area contributed by atoms with Crippen LogP contribution in [0.3, 0.4) is 0 Å². The Balaban J connectivity index is 1.59. The van der Waals surface area contributed by atoms with E-state index in [-0.39, 0.29) is 24.3 Å². The van der Waals surface area contributed by atoms with Crippen molar-refractivity contribution in [2.45, 2.75) is 83.7 Å². The molecule has 1 heterocycles. The molecule has 0 bridgehead atoms. The van der Waals surface area contributed by atoms with Gasteiger partial charge in [-0.2, -0.15) is 0 Å². The van der Waals surface area contributed by atoms with Crippen LogP contribution in [-0.4, -0.2) is 42.5 Å². The molecule has 3 rings (SSSR count). The standard InChI is InChI=1S/C17H30N2O3/c1-10(17(5)7-8-17)18-13-12(11-6-9-21-14(11)13)19-15(20)22-16(2,3)4/h10-14,18H,6-9H2,1-5H3,(H,19,20). The molecule has 2 saturated carbocycles. The van der Waals surface area contributed by atoms with E-state index in [2.05, 4.69) is 24.5 Å². The summed E-state index contributed by atoms with van der Waals surface area (Å²) in [4.78, 5) is 12.1. The molecule has 0 radical (unpaired) electrons. The van der Waals surface area contributed by atoms with Crippen LogP contribution < -0.4 is 10.6 Å². The van der Waals surface area contributed by atoms with Crippen LogP contribution in [0.15, 0.2) is 0 Å². The molecule has 1 aliphatic heterocycles. The fraction of sp³-hybridized carbons (Fsp3) is 0.941. The van der Waals surface area contributed by atoms with Crippen LogP contribution in [0.1, 0.15) is 53.9 Å². The van der Waals surface area contributed by atoms with Crippen molar-refractivity contribution in [3.8, 4) is 0 Å². The van der Waals surface area contributed by atoms with E-state index in [9.17, 15) is 4.79 Å². The van der Waals surface area contributed by atoms with Crippen LogP contribution in [0, 0.1) is 11.3 Å². The lowest BCUT2D eigenvalue weighted by atomic mass is 9.71. The van der Waals surface area contributed by atoms with Gasteiger partial charge in [-0.1, -0.05) is 6.92 Å². The maximum absolute atomic E-state index is 12.1. The minimum atomic E-state index is -0.461. The number of fused-ring (bicyclic) bond motifs is 1. The zero-order valence-electron chi connectivity index (χ0n) is 14.4. The number of nitrogens with one attached hydrogen (secondary N) is 2. The smallest absolute Gasteiger partial charge is 0.407 e. The summed E-state index contributed by atoms with van der Waals surface area (Å²) in [6, 6.07) is 0.769. The fourth-order valence-electron chi connectivity index (χ4n) is 3.67. The molecule has 0 aromatic heterocycles. The Hall–Kier alpha value is -0.810. The Kier molecular flexibility index (Phi) is 3.92. The van der Waals surface area contributed by atoms with Crippen molar-refractivity contribution in [2.24, 2.45) is 11.3 Å². The second-order valence-corrected chi connectivity index (χ2v) is 8.53. The molecule has 2 aliphatic carbocycles. The van der Waals surface area contributed by atoms with Gasteiger partial charge in [0.15, 0.2) is 0 Å². The van der Waals surface area contributed by atoms with Crippen molar-refractivity contribution in [3.63, 3.8) is 0 Å². The Morgan fingerprint density at radius 2 is 2.00 bits per heavy atom. The molecular formula is C17H30N2O3. The maximum atomic E-state index is 12.1. The summed E-state index contributed by atoms with van der Waals surface area (Å²) < 4.78 is 11.3. The molecule has 22 heavy (non-hydrogen) atoms. The van der Waals surface area contributed by atoms with Gasteiger partial charge in [-0.25, -0.2) is 4.79 Å². The molecule has 1 saturated heterocycles. The SMILES string of the molecule is CC(NC1C(NC(=O)OC(C)(C)C)C2CCOC21)C1(C)CC1. The van der Waals surface area contributed by atoms with Crippen molar-refractivity contribution >= 4 is 6.09 Å². The number of hydrogen-bond acceptors (Lipinski definition) is 4. The van der Waals surface area contributed by atoms with Gasteiger partial charge in [0.1, 0.15) is 5.60 Å².